The first-order valence-electron chi connectivity index (χ1n) is 11.7. The Labute approximate surface area is 176 Å². The van der Waals surface area contributed by atoms with Crippen LogP contribution in [0.5, 0.6) is 5.75 Å². The van der Waals surface area contributed by atoms with Crippen LogP contribution in [0.2, 0.25) is 0 Å². The number of amides is 1. The lowest BCUT2D eigenvalue weighted by Gasteiger charge is -2.55. The lowest BCUT2D eigenvalue weighted by Crippen LogP contribution is -2.57. The molecule has 2 heterocycles. The summed E-state index contributed by atoms with van der Waals surface area (Å²) in [6.45, 7) is 5.63. The Morgan fingerprint density at radius 2 is 2.00 bits per heavy atom. The van der Waals surface area contributed by atoms with Gasteiger partial charge in [-0.2, -0.15) is 0 Å². The van der Waals surface area contributed by atoms with Crippen LogP contribution in [0.1, 0.15) is 69.4 Å². The highest BCUT2D eigenvalue weighted by molar-refractivity contribution is 5.77. The number of likely N-dealkylation sites (tertiary alicyclic amines) is 2. The van der Waals surface area contributed by atoms with Gasteiger partial charge in [-0.3, -0.25) is 4.79 Å². The highest BCUT2D eigenvalue weighted by Crippen LogP contribution is 2.52. The van der Waals surface area contributed by atoms with E-state index in [0.29, 0.717) is 23.3 Å². The minimum Gasteiger partial charge on any atom is -0.497 e. The first-order chi connectivity index (χ1) is 14.0. The van der Waals surface area contributed by atoms with Crippen LogP contribution in [-0.4, -0.2) is 55.5 Å². The maximum absolute atomic E-state index is 11.8. The van der Waals surface area contributed by atoms with Crippen molar-refractivity contribution in [1.82, 2.24) is 9.80 Å². The van der Waals surface area contributed by atoms with Crippen LogP contribution in [0.3, 0.4) is 0 Å². The van der Waals surface area contributed by atoms with Crippen LogP contribution in [-0.2, 0) is 16.6 Å². The van der Waals surface area contributed by atoms with Gasteiger partial charge in [0.2, 0.25) is 5.91 Å². The number of likely N-dealkylation sites (N-methyl/N-ethyl adjacent to an activating group) is 1. The van der Waals surface area contributed by atoms with E-state index in [2.05, 4.69) is 42.0 Å². The van der Waals surface area contributed by atoms with E-state index >= 15 is 0 Å². The van der Waals surface area contributed by atoms with E-state index < -0.39 is 0 Å². The number of fused-ring (bicyclic) bond motifs is 4. The molecule has 1 aromatic carbocycles. The third-order valence-corrected chi connectivity index (χ3v) is 8.18. The van der Waals surface area contributed by atoms with Crippen molar-refractivity contribution in [3.8, 4) is 5.75 Å². The van der Waals surface area contributed by atoms with Gasteiger partial charge < -0.3 is 14.5 Å². The summed E-state index contributed by atoms with van der Waals surface area (Å²) in [5.41, 5.74) is 3.40. The Bertz CT molecular complexity index is 734. The number of hydrogen-bond acceptors (Lipinski definition) is 3. The predicted octanol–water partition coefficient (Wildman–Crippen LogP) is 4.40. The molecule has 0 N–H and O–H groups in total. The molecular weight excluding hydrogens is 360 g/mol. The average molecular weight is 399 g/mol. The number of benzene rings is 1. The molecule has 4 rings (SSSR count). The number of piperidine rings is 1. The molecule has 3 aliphatic rings. The van der Waals surface area contributed by atoms with Crippen molar-refractivity contribution in [2.24, 2.45) is 5.92 Å². The molecule has 2 bridgehead atoms. The van der Waals surface area contributed by atoms with E-state index in [4.69, 9.17) is 4.74 Å². The van der Waals surface area contributed by atoms with Gasteiger partial charge >= 0.3 is 0 Å². The topological polar surface area (TPSA) is 32.8 Å². The van der Waals surface area contributed by atoms with Gasteiger partial charge in [0.25, 0.3) is 0 Å². The van der Waals surface area contributed by atoms with Gasteiger partial charge in [0, 0.05) is 31.0 Å². The molecular formula is C25H38N2O2. The van der Waals surface area contributed by atoms with Gasteiger partial charge in [0.05, 0.1) is 7.11 Å². The lowest BCUT2D eigenvalue weighted by atomic mass is 9.56. The van der Waals surface area contributed by atoms with Crippen LogP contribution >= 0.6 is 0 Å². The monoisotopic (exact) mass is 398 g/mol. The molecule has 29 heavy (non-hydrogen) atoms. The van der Waals surface area contributed by atoms with E-state index in [1.165, 1.54) is 50.6 Å². The van der Waals surface area contributed by atoms with Crippen molar-refractivity contribution in [2.75, 3.05) is 33.8 Å². The van der Waals surface area contributed by atoms with Crippen molar-refractivity contribution in [3.05, 3.63) is 29.3 Å². The molecule has 0 unspecified atom stereocenters. The minimum absolute atomic E-state index is 0.296. The first-order valence-corrected chi connectivity index (χ1v) is 11.7. The normalized spacial score (nSPS) is 29.2. The molecule has 1 amide bonds. The maximum atomic E-state index is 11.8. The molecule has 2 aliphatic heterocycles. The third-order valence-electron chi connectivity index (χ3n) is 8.18. The Kier molecular flexibility index (Phi) is 6.19. The summed E-state index contributed by atoms with van der Waals surface area (Å²) in [6.07, 6.45) is 10.5. The van der Waals surface area contributed by atoms with Crippen LogP contribution in [0.4, 0.5) is 0 Å². The standard InChI is InChI=1S/C25H38N2O2/c1-19-23-17-20-10-11-21(29-3)18-22(20)25(19,13-16-26(23)2)12-6-4-5-7-14-27-15-8-9-24(27)28/h10-11,18-19,23H,4-9,12-17H2,1-3H3/t19-,23+,25+/m0/s1. The van der Waals surface area contributed by atoms with Crippen molar-refractivity contribution in [3.63, 3.8) is 0 Å². The molecule has 160 valence electrons. The Balaban J connectivity index is 1.40. The number of unbranched alkanes of at least 4 members (excludes halogenated alkanes) is 3. The van der Waals surface area contributed by atoms with E-state index in [-0.39, 0.29) is 0 Å². The fourth-order valence-electron chi connectivity index (χ4n) is 6.31. The highest BCUT2D eigenvalue weighted by Gasteiger charge is 2.49. The van der Waals surface area contributed by atoms with Crippen LogP contribution in [0.25, 0.3) is 0 Å². The summed E-state index contributed by atoms with van der Waals surface area (Å²) in [5, 5.41) is 0. The minimum atomic E-state index is 0.296. The van der Waals surface area contributed by atoms with Gasteiger partial charge in [-0.15, -0.1) is 0 Å². The summed E-state index contributed by atoms with van der Waals surface area (Å²) in [4.78, 5) is 16.4. The predicted molar refractivity (Wildman–Crippen MR) is 117 cm³/mol. The first kappa shape index (κ1) is 20.7. The van der Waals surface area contributed by atoms with Crippen LogP contribution < -0.4 is 4.74 Å². The van der Waals surface area contributed by atoms with Gasteiger partial charge in [0.1, 0.15) is 5.75 Å². The molecule has 1 aromatic rings. The fourth-order valence-corrected chi connectivity index (χ4v) is 6.31. The van der Waals surface area contributed by atoms with Gasteiger partial charge in [-0.05, 0) is 74.9 Å². The Morgan fingerprint density at radius 1 is 1.17 bits per heavy atom. The summed E-state index contributed by atoms with van der Waals surface area (Å²) in [5.74, 6) is 2.05. The maximum Gasteiger partial charge on any atom is 0.222 e. The summed E-state index contributed by atoms with van der Waals surface area (Å²) in [7, 11) is 4.09. The molecule has 1 aliphatic carbocycles. The zero-order chi connectivity index (χ0) is 20.4. The van der Waals surface area contributed by atoms with E-state index in [1.807, 2.05) is 0 Å². The molecule has 4 nitrogen and oxygen atoms in total. The molecule has 3 atom stereocenters. The number of nitrogens with zero attached hydrogens (tertiary/aromatic N) is 2. The van der Waals surface area contributed by atoms with Gasteiger partial charge in [-0.1, -0.05) is 32.3 Å². The summed E-state index contributed by atoms with van der Waals surface area (Å²) in [6, 6.07) is 7.45. The largest absolute Gasteiger partial charge is 0.497 e. The zero-order valence-corrected chi connectivity index (χ0v) is 18.6. The second-order valence-corrected chi connectivity index (χ2v) is 9.62. The SMILES string of the molecule is COc1ccc2c(c1)[C@]1(CCCCCCN3CCCC3=O)CCN(C)[C@H](C2)[C@@H]1C. The van der Waals surface area contributed by atoms with Gasteiger partial charge in [-0.25, -0.2) is 0 Å². The molecule has 0 saturated carbocycles. The quantitative estimate of drug-likeness (QED) is 0.609. The second-order valence-electron chi connectivity index (χ2n) is 9.62. The van der Waals surface area contributed by atoms with Crippen molar-refractivity contribution in [2.45, 2.75) is 76.2 Å². The van der Waals surface area contributed by atoms with E-state index in [1.54, 1.807) is 12.7 Å². The zero-order valence-electron chi connectivity index (χ0n) is 18.6. The van der Waals surface area contributed by atoms with E-state index in [0.717, 1.165) is 38.1 Å². The number of ether oxygens (including phenoxy) is 1. The Morgan fingerprint density at radius 3 is 2.76 bits per heavy atom. The number of carbonyl (C=O) groups is 1. The van der Waals surface area contributed by atoms with Crippen molar-refractivity contribution < 1.29 is 9.53 Å². The summed E-state index contributed by atoms with van der Waals surface area (Å²) >= 11 is 0. The van der Waals surface area contributed by atoms with Crippen LogP contribution in [0, 0.1) is 5.92 Å². The highest BCUT2D eigenvalue weighted by atomic mass is 16.5. The Hall–Kier alpha value is -1.55. The smallest absolute Gasteiger partial charge is 0.222 e. The summed E-state index contributed by atoms with van der Waals surface area (Å²) < 4.78 is 5.59. The molecule has 2 saturated heterocycles. The van der Waals surface area contributed by atoms with Crippen molar-refractivity contribution in [1.29, 1.82) is 0 Å². The van der Waals surface area contributed by atoms with Gasteiger partial charge in [0.15, 0.2) is 0 Å². The molecule has 0 radical (unpaired) electrons. The average Bonchev–Trinajstić information content (AvgIpc) is 3.13. The number of hydrogen-bond donors (Lipinski definition) is 0. The lowest BCUT2D eigenvalue weighted by molar-refractivity contribution is -0.127. The van der Waals surface area contributed by atoms with Crippen molar-refractivity contribution >= 4 is 5.91 Å². The second kappa shape index (κ2) is 8.67. The van der Waals surface area contributed by atoms with E-state index in [9.17, 15) is 4.79 Å². The number of rotatable bonds is 8. The molecule has 0 aromatic heterocycles. The van der Waals surface area contributed by atoms with Crippen LogP contribution in [0.15, 0.2) is 18.2 Å². The number of carbonyl (C=O) groups excluding carboxylic acids is 1. The fraction of sp³-hybridized carbons (Fsp3) is 0.720. The molecule has 0 spiro atoms. The number of methoxy groups -OCH3 is 1. The molecule has 2 fully saturated rings. The molecule has 4 heteroatoms. The third kappa shape index (κ3) is 3.93.